The average Bonchev–Trinajstić information content (AvgIpc) is 3.95. The molecule has 0 spiro atoms. The van der Waals surface area contributed by atoms with Crippen LogP contribution in [-0.4, -0.2) is 19.5 Å². The largest absolute Gasteiger partial charge is 0.309 e. The lowest BCUT2D eigenvalue weighted by atomic mass is 9.97. The number of para-hydroxylation sites is 1. The molecule has 0 aliphatic rings. The average molecular weight is 763 g/mol. The quantitative estimate of drug-likeness (QED) is 0.175. The van der Waals surface area contributed by atoms with Gasteiger partial charge in [-0.05, 0) is 48.0 Å². The van der Waals surface area contributed by atoms with E-state index in [0.29, 0.717) is 17.5 Å². The number of nitrogens with zero attached hydrogens (tertiary/aromatic N) is 4. The third-order valence-corrected chi connectivity index (χ3v) is 13.4. The minimum Gasteiger partial charge on any atom is -0.309 e. The van der Waals surface area contributed by atoms with E-state index < -0.39 is 0 Å². The van der Waals surface area contributed by atoms with E-state index in [1.807, 2.05) is 83.3 Å². The van der Waals surface area contributed by atoms with Gasteiger partial charge in [0.05, 0.1) is 11.0 Å². The van der Waals surface area contributed by atoms with Crippen molar-refractivity contribution in [2.45, 2.75) is 0 Å². The lowest BCUT2D eigenvalue weighted by Gasteiger charge is -2.09. The molecule has 266 valence electrons. The zero-order valence-electron chi connectivity index (χ0n) is 30.4. The standard InChI is InChI=1S/C51H30N4S2/c1-4-14-31(15-5-1)49-52-50(32-16-6-2-7-17-32)54-51(53-49)33-26-27-36-38-22-12-23-39(48(38)57-45(36)28-33)37-21-13-24-42-47(37)41-29-40-35-20-10-11-25-44(35)56-46(40)30-43(41)55(42)34-18-8-3-9-19-34/h1-30H. The van der Waals surface area contributed by atoms with Gasteiger partial charge in [0.2, 0.25) is 0 Å². The molecule has 4 heterocycles. The van der Waals surface area contributed by atoms with E-state index in [0.717, 1.165) is 22.4 Å². The normalized spacial score (nSPS) is 11.9. The number of hydrogen-bond donors (Lipinski definition) is 0. The highest BCUT2D eigenvalue weighted by Crippen LogP contribution is 2.47. The molecule has 0 radical (unpaired) electrons. The first-order chi connectivity index (χ1) is 28.2. The number of benzene rings is 8. The third-order valence-electron chi connectivity index (χ3n) is 11.0. The second-order valence-electron chi connectivity index (χ2n) is 14.4. The lowest BCUT2D eigenvalue weighted by Crippen LogP contribution is -1.99. The molecule has 0 aliphatic heterocycles. The summed E-state index contributed by atoms with van der Waals surface area (Å²) < 4.78 is 7.53. The summed E-state index contributed by atoms with van der Waals surface area (Å²) in [6, 6.07) is 64.9. The van der Waals surface area contributed by atoms with Crippen LogP contribution in [0.2, 0.25) is 0 Å². The van der Waals surface area contributed by atoms with Crippen molar-refractivity contribution in [3.8, 4) is 51.0 Å². The molecule has 8 aromatic carbocycles. The number of thiophene rings is 2. The van der Waals surface area contributed by atoms with Crippen molar-refractivity contribution >= 4 is 84.8 Å². The number of fused-ring (bicyclic) bond motifs is 9. The molecule has 0 bridgehead atoms. The summed E-state index contributed by atoms with van der Waals surface area (Å²) in [7, 11) is 0. The van der Waals surface area contributed by atoms with E-state index in [-0.39, 0.29) is 0 Å². The Hall–Kier alpha value is -6.99. The Kier molecular flexibility index (Phi) is 7.24. The Morgan fingerprint density at radius 1 is 0.351 bits per heavy atom. The molecule has 0 amide bonds. The van der Waals surface area contributed by atoms with Gasteiger partial charge in [0.25, 0.3) is 0 Å². The lowest BCUT2D eigenvalue weighted by molar-refractivity contribution is 1.07. The van der Waals surface area contributed by atoms with Crippen LogP contribution in [0.1, 0.15) is 0 Å². The van der Waals surface area contributed by atoms with Gasteiger partial charge in [-0.15, -0.1) is 22.7 Å². The van der Waals surface area contributed by atoms with Crippen LogP contribution in [0.25, 0.3) is 113 Å². The van der Waals surface area contributed by atoms with E-state index in [1.54, 1.807) is 0 Å². The smallest absolute Gasteiger partial charge is 0.164 e. The summed E-state index contributed by atoms with van der Waals surface area (Å²) in [6.45, 7) is 0. The molecule has 0 saturated carbocycles. The van der Waals surface area contributed by atoms with Crippen molar-refractivity contribution in [1.82, 2.24) is 19.5 Å². The van der Waals surface area contributed by atoms with Crippen molar-refractivity contribution in [3.05, 3.63) is 182 Å². The number of aromatic nitrogens is 4. The summed E-state index contributed by atoms with van der Waals surface area (Å²) in [5.74, 6) is 1.98. The van der Waals surface area contributed by atoms with Gasteiger partial charge < -0.3 is 4.57 Å². The van der Waals surface area contributed by atoms with Crippen LogP contribution in [0.5, 0.6) is 0 Å². The highest BCUT2D eigenvalue weighted by molar-refractivity contribution is 7.26. The van der Waals surface area contributed by atoms with Gasteiger partial charge in [-0.1, -0.05) is 140 Å². The monoisotopic (exact) mass is 762 g/mol. The van der Waals surface area contributed by atoms with Gasteiger partial charge in [0.1, 0.15) is 0 Å². The Morgan fingerprint density at radius 2 is 0.947 bits per heavy atom. The predicted octanol–water partition coefficient (Wildman–Crippen LogP) is 14.4. The number of rotatable bonds is 5. The van der Waals surface area contributed by atoms with Crippen LogP contribution < -0.4 is 0 Å². The van der Waals surface area contributed by atoms with E-state index in [1.165, 1.54) is 73.3 Å². The van der Waals surface area contributed by atoms with E-state index >= 15 is 0 Å². The predicted molar refractivity (Wildman–Crippen MR) is 242 cm³/mol. The molecule has 57 heavy (non-hydrogen) atoms. The zero-order chi connectivity index (χ0) is 37.5. The minimum atomic E-state index is 0.660. The summed E-state index contributed by atoms with van der Waals surface area (Å²) >= 11 is 3.71. The van der Waals surface area contributed by atoms with Crippen LogP contribution in [0, 0.1) is 0 Å². The maximum Gasteiger partial charge on any atom is 0.164 e. The molecule has 12 aromatic rings. The Balaban J connectivity index is 1.08. The fraction of sp³-hybridized carbons (Fsp3) is 0. The third kappa shape index (κ3) is 5.15. The van der Waals surface area contributed by atoms with Gasteiger partial charge in [-0.25, -0.2) is 15.0 Å². The van der Waals surface area contributed by atoms with Crippen LogP contribution >= 0.6 is 22.7 Å². The second kappa shape index (κ2) is 12.8. The molecule has 4 nitrogen and oxygen atoms in total. The van der Waals surface area contributed by atoms with Crippen molar-refractivity contribution in [3.63, 3.8) is 0 Å². The topological polar surface area (TPSA) is 43.6 Å². The van der Waals surface area contributed by atoms with Crippen LogP contribution in [0.3, 0.4) is 0 Å². The highest BCUT2D eigenvalue weighted by Gasteiger charge is 2.21. The van der Waals surface area contributed by atoms with Gasteiger partial charge >= 0.3 is 0 Å². The molecular weight excluding hydrogens is 733 g/mol. The molecule has 0 unspecified atom stereocenters. The van der Waals surface area contributed by atoms with Crippen LogP contribution in [0.4, 0.5) is 0 Å². The van der Waals surface area contributed by atoms with Crippen molar-refractivity contribution in [2.24, 2.45) is 0 Å². The van der Waals surface area contributed by atoms with Crippen molar-refractivity contribution in [1.29, 1.82) is 0 Å². The first-order valence-electron chi connectivity index (χ1n) is 19.0. The molecule has 0 atom stereocenters. The van der Waals surface area contributed by atoms with Gasteiger partial charge in [-0.3, -0.25) is 0 Å². The SMILES string of the molecule is c1ccc(-c2nc(-c3ccccc3)nc(-c3ccc4c(c3)sc3c(-c5cccc6c5c5cc7c(cc5n6-c5ccccc5)sc5ccccc57)cccc34)n2)cc1. The first-order valence-corrected chi connectivity index (χ1v) is 20.7. The molecule has 0 aliphatic carbocycles. The fourth-order valence-corrected chi connectivity index (χ4v) is 10.8. The molecule has 0 fully saturated rings. The van der Waals surface area contributed by atoms with Gasteiger partial charge in [0.15, 0.2) is 17.5 Å². The van der Waals surface area contributed by atoms with Gasteiger partial charge in [-0.2, -0.15) is 0 Å². The summed E-state index contributed by atoms with van der Waals surface area (Å²) in [5.41, 5.74) is 8.94. The summed E-state index contributed by atoms with van der Waals surface area (Å²) in [4.78, 5) is 15.0. The minimum absolute atomic E-state index is 0.660. The Labute approximate surface area is 335 Å². The maximum absolute atomic E-state index is 5.03. The summed E-state index contributed by atoms with van der Waals surface area (Å²) in [5, 5.41) is 7.63. The summed E-state index contributed by atoms with van der Waals surface area (Å²) in [6.07, 6.45) is 0. The number of hydrogen-bond acceptors (Lipinski definition) is 5. The van der Waals surface area contributed by atoms with E-state index in [2.05, 4.69) is 126 Å². The molecule has 0 saturated heterocycles. The first kappa shape index (κ1) is 32.3. The Bertz CT molecular complexity index is 3450. The van der Waals surface area contributed by atoms with Crippen LogP contribution in [0.15, 0.2) is 182 Å². The van der Waals surface area contributed by atoms with E-state index in [4.69, 9.17) is 15.0 Å². The second-order valence-corrected chi connectivity index (χ2v) is 16.5. The molecule has 6 heteroatoms. The molecule has 4 aromatic heterocycles. The zero-order valence-corrected chi connectivity index (χ0v) is 32.1. The maximum atomic E-state index is 5.03. The fourth-order valence-electron chi connectivity index (χ4n) is 8.45. The highest BCUT2D eigenvalue weighted by atomic mass is 32.1. The van der Waals surface area contributed by atoms with Crippen molar-refractivity contribution in [2.75, 3.05) is 0 Å². The molecule has 0 N–H and O–H groups in total. The van der Waals surface area contributed by atoms with Crippen molar-refractivity contribution < 1.29 is 0 Å². The van der Waals surface area contributed by atoms with Gasteiger partial charge in [0, 0.05) is 79.1 Å². The van der Waals surface area contributed by atoms with E-state index in [9.17, 15) is 0 Å². The van der Waals surface area contributed by atoms with Crippen LogP contribution in [-0.2, 0) is 0 Å². The Morgan fingerprint density at radius 3 is 1.70 bits per heavy atom. The molecular formula is C51H30N4S2. The molecule has 12 rings (SSSR count).